The van der Waals surface area contributed by atoms with Crippen LogP contribution in [0.15, 0.2) is 58.0 Å². The Kier molecular flexibility index (Phi) is 3.70. The zero-order chi connectivity index (χ0) is 15.5. The molecule has 0 spiro atoms. The van der Waals surface area contributed by atoms with E-state index in [1.807, 2.05) is 25.1 Å². The Morgan fingerprint density at radius 2 is 2.00 bits per heavy atom. The number of benzene rings is 1. The summed E-state index contributed by atoms with van der Waals surface area (Å²) in [5, 5.41) is 3.44. The monoisotopic (exact) mass is 294 g/mol. The maximum atomic E-state index is 12.2. The van der Waals surface area contributed by atoms with Crippen molar-refractivity contribution >= 4 is 16.9 Å². The minimum atomic E-state index is -0.631. The van der Waals surface area contributed by atoms with Crippen LogP contribution in [0.5, 0.6) is 0 Å². The molecule has 0 saturated heterocycles. The van der Waals surface area contributed by atoms with Gasteiger partial charge in [-0.25, -0.2) is 4.79 Å². The SMILES string of the molecule is Cc1cccc2cc(C(=O)NCc3ccncc3)c(=O)oc12. The van der Waals surface area contributed by atoms with E-state index in [0.29, 0.717) is 12.1 Å². The molecule has 3 aromatic rings. The van der Waals surface area contributed by atoms with Crippen LogP contribution in [-0.2, 0) is 6.54 Å². The number of hydrogen-bond acceptors (Lipinski definition) is 4. The first-order chi connectivity index (χ1) is 10.6. The highest BCUT2D eigenvalue weighted by atomic mass is 16.4. The molecule has 22 heavy (non-hydrogen) atoms. The first-order valence-corrected chi connectivity index (χ1v) is 6.86. The lowest BCUT2D eigenvalue weighted by Crippen LogP contribution is -2.27. The van der Waals surface area contributed by atoms with Gasteiger partial charge in [0.25, 0.3) is 5.91 Å². The molecule has 5 heteroatoms. The fraction of sp³-hybridized carbons (Fsp3) is 0.118. The quantitative estimate of drug-likeness (QED) is 0.753. The number of aromatic nitrogens is 1. The van der Waals surface area contributed by atoms with E-state index in [1.54, 1.807) is 30.6 Å². The zero-order valence-electron chi connectivity index (χ0n) is 12.0. The van der Waals surface area contributed by atoms with Crippen LogP contribution in [0.4, 0.5) is 0 Å². The van der Waals surface area contributed by atoms with E-state index in [2.05, 4.69) is 10.3 Å². The molecule has 3 rings (SSSR count). The maximum absolute atomic E-state index is 12.2. The van der Waals surface area contributed by atoms with Crippen LogP contribution in [-0.4, -0.2) is 10.9 Å². The number of carbonyl (C=O) groups is 1. The average Bonchev–Trinajstić information content (AvgIpc) is 2.54. The molecule has 2 aromatic heterocycles. The lowest BCUT2D eigenvalue weighted by Gasteiger charge is -2.06. The van der Waals surface area contributed by atoms with Gasteiger partial charge in [-0.05, 0) is 36.2 Å². The van der Waals surface area contributed by atoms with Gasteiger partial charge in [-0.2, -0.15) is 0 Å². The van der Waals surface area contributed by atoms with Crippen LogP contribution in [0.2, 0.25) is 0 Å². The summed E-state index contributed by atoms with van der Waals surface area (Å²) in [7, 11) is 0. The van der Waals surface area contributed by atoms with Crippen LogP contribution in [0.1, 0.15) is 21.5 Å². The summed E-state index contributed by atoms with van der Waals surface area (Å²) in [4.78, 5) is 28.1. The maximum Gasteiger partial charge on any atom is 0.349 e. The second kappa shape index (κ2) is 5.81. The summed E-state index contributed by atoms with van der Waals surface area (Å²) in [6.45, 7) is 2.18. The Hall–Kier alpha value is -2.95. The van der Waals surface area contributed by atoms with Gasteiger partial charge in [0, 0.05) is 24.3 Å². The van der Waals surface area contributed by atoms with Crippen molar-refractivity contribution in [3.05, 3.63) is 75.9 Å². The lowest BCUT2D eigenvalue weighted by molar-refractivity contribution is 0.0947. The third kappa shape index (κ3) is 2.74. The van der Waals surface area contributed by atoms with Crippen molar-refractivity contribution in [2.24, 2.45) is 0 Å². The van der Waals surface area contributed by atoms with Gasteiger partial charge < -0.3 is 9.73 Å². The van der Waals surface area contributed by atoms with Crippen molar-refractivity contribution in [3.63, 3.8) is 0 Å². The fourth-order valence-electron chi connectivity index (χ4n) is 2.23. The summed E-state index contributed by atoms with van der Waals surface area (Å²) in [5.74, 6) is -0.450. The minimum Gasteiger partial charge on any atom is -0.422 e. The number of nitrogens with one attached hydrogen (secondary N) is 1. The van der Waals surface area contributed by atoms with Crippen LogP contribution in [0, 0.1) is 6.92 Å². The number of nitrogens with zero attached hydrogens (tertiary/aromatic N) is 1. The van der Waals surface area contributed by atoms with Crippen LogP contribution < -0.4 is 10.9 Å². The molecule has 0 bridgehead atoms. The van der Waals surface area contributed by atoms with Gasteiger partial charge in [0.1, 0.15) is 11.1 Å². The molecule has 1 aromatic carbocycles. The van der Waals surface area contributed by atoms with E-state index >= 15 is 0 Å². The Bertz CT molecular complexity index is 885. The molecule has 0 fully saturated rings. The summed E-state index contributed by atoms with van der Waals surface area (Å²) in [6.07, 6.45) is 3.29. The minimum absolute atomic E-state index is 0.00663. The fourth-order valence-corrected chi connectivity index (χ4v) is 2.23. The highest BCUT2D eigenvalue weighted by molar-refractivity contribution is 5.96. The summed E-state index contributed by atoms with van der Waals surface area (Å²) >= 11 is 0. The van der Waals surface area contributed by atoms with Crippen molar-refractivity contribution in [1.29, 1.82) is 0 Å². The van der Waals surface area contributed by atoms with Crippen molar-refractivity contribution in [2.75, 3.05) is 0 Å². The molecule has 1 N–H and O–H groups in total. The van der Waals surface area contributed by atoms with Gasteiger partial charge in [-0.1, -0.05) is 18.2 Å². The average molecular weight is 294 g/mol. The predicted molar refractivity (Wildman–Crippen MR) is 82.6 cm³/mol. The molecule has 0 aliphatic rings. The molecule has 0 saturated carbocycles. The predicted octanol–water partition coefficient (Wildman–Crippen LogP) is 2.43. The highest BCUT2D eigenvalue weighted by Gasteiger charge is 2.14. The van der Waals surface area contributed by atoms with Crippen LogP contribution in [0.25, 0.3) is 11.0 Å². The molecule has 0 unspecified atom stereocenters. The van der Waals surface area contributed by atoms with E-state index in [1.165, 1.54) is 0 Å². The first kappa shape index (κ1) is 14.0. The Morgan fingerprint density at radius 1 is 1.23 bits per heavy atom. The van der Waals surface area contributed by atoms with Crippen molar-refractivity contribution in [3.8, 4) is 0 Å². The van der Waals surface area contributed by atoms with Gasteiger partial charge in [0.15, 0.2) is 0 Å². The van der Waals surface area contributed by atoms with Gasteiger partial charge in [0.05, 0.1) is 0 Å². The normalized spacial score (nSPS) is 10.6. The largest absolute Gasteiger partial charge is 0.422 e. The van der Waals surface area contributed by atoms with Gasteiger partial charge in [0.2, 0.25) is 0 Å². The molecule has 0 aliphatic carbocycles. The highest BCUT2D eigenvalue weighted by Crippen LogP contribution is 2.17. The number of amides is 1. The number of aryl methyl sites for hydroxylation is 1. The Balaban J connectivity index is 1.88. The van der Waals surface area contributed by atoms with E-state index in [0.717, 1.165) is 16.5 Å². The molecule has 0 atom stereocenters. The molecule has 0 radical (unpaired) electrons. The Morgan fingerprint density at radius 3 is 2.77 bits per heavy atom. The molecular weight excluding hydrogens is 280 g/mol. The zero-order valence-corrected chi connectivity index (χ0v) is 12.0. The number of carbonyl (C=O) groups excluding carboxylic acids is 1. The van der Waals surface area contributed by atoms with Gasteiger partial charge in [-0.3, -0.25) is 9.78 Å². The first-order valence-electron chi connectivity index (χ1n) is 6.86. The molecule has 110 valence electrons. The number of hydrogen-bond donors (Lipinski definition) is 1. The number of para-hydroxylation sites is 1. The smallest absolute Gasteiger partial charge is 0.349 e. The van der Waals surface area contributed by atoms with E-state index < -0.39 is 11.5 Å². The van der Waals surface area contributed by atoms with Crippen LogP contribution >= 0.6 is 0 Å². The van der Waals surface area contributed by atoms with E-state index in [9.17, 15) is 9.59 Å². The van der Waals surface area contributed by atoms with Crippen molar-refractivity contribution in [1.82, 2.24) is 10.3 Å². The van der Waals surface area contributed by atoms with Gasteiger partial charge in [-0.15, -0.1) is 0 Å². The van der Waals surface area contributed by atoms with Gasteiger partial charge >= 0.3 is 5.63 Å². The molecule has 5 nitrogen and oxygen atoms in total. The van der Waals surface area contributed by atoms with Crippen LogP contribution in [0.3, 0.4) is 0 Å². The second-order valence-electron chi connectivity index (χ2n) is 4.98. The number of pyridine rings is 1. The summed E-state index contributed by atoms with van der Waals surface area (Å²) in [6, 6.07) is 10.7. The molecule has 1 amide bonds. The second-order valence-corrected chi connectivity index (χ2v) is 4.98. The third-order valence-electron chi connectivity index (χ3n) is 3.40. The molecule has 2 heterocycles. The number of rotatable bonds is 3. The summed E-state index contributed by atoms with van der Waals surface area (Å²) < 4.78 is 5.27. The standard InChI is InChI=1S/C17H14N2O3/c1-11-3-2-4-13-9-14(17(21)22-15(11)13)16(20)19-10-12-5-7-18-8-6-12/h2-9H,10H2,1H3,(H,19,20). The molecule has 0 aliphatic heterocycles. The topological polar surface area (TPSA) is 72.2 Å². The summed E-state index contributed by atoms with van der Waals surface area (Å²) in [5.41, 5.74) is 1.65. The van der Waals surface area contributed by atoms with Crippen molar-refractivity contribution < 1.29 is 9.21 Å². The lowest BCUT2D eigenvalue weighted by atomic mass is 10.1. The van der Waals surface area contributed by atoms with E-state index in [4.69, 9.17) is 4.42 Å². The van der Waals surface area contributed by atoms with Crippen molar-refractivity contribution in [2.45, 2.75) is 13.5 Å². The van der Waals surface area contributed by atoms with E-state index in [-0.39, 0.29) is 5.56 Å². The Labute approximate surface area is 126 Å². The molecular formula is C17H14N2O3. The number of fused-ring (bicyclic) bond motifs is 1. The third-order valence-corrected chi connectivity index (χ3v) is 3.40.